The van der Waals surface area contributed by atoms with Gasteiger partial charge < -0.3 is 10.6 Å². The van der Waals surface area contributed by atoms with Gasteiger partial charge in [-0.1, -0.05) is 25.0 Å². The van der Waals surface area contributed by atoms with Crippen molar-refractivity contribution >= 4 is 33.0 Å². The molecule has 1 aromatic heterocycles. The average Bonchev–Trinajstić information content (AvgIpc) is 3.05. The number of hydrogen-bond donors (Lipinski definition) is 2. The molecule has 0 atom stereocenters. The van der Waals surface area contributed by atoms with Crippen LogP contribution < -0.4 is 10.6 Å². The minimum Gasteiger partial charge on any atom is -0.376 e. The van der Waals surface area contributed by atoms with Crippen LogP contribution in [-0.4, -0.2) is 44.8 Å². The van der Waals surface area contributed by atoms with Crippen molar-refractivity contribution in [1.82, 2.24) is 9.62 Å². The van der Waals surface area contributed by atoms with Crippen molar-refractivity contribution in [2.45, 2.75) is 37.0 Å². The molecule has 2 N–H and O–H groups in total. The van der Waals surface area contributed by atoms with Crippen molar-refractivity contribution in [2.75, 3.05) is 31.5 Å². The molecule has 6 nitrogen and oxygen atoms in total. The van der Waals surface area contributed by atoms with Gasteiger partial charge in [0.2, 0.25) is 15.9 Å². The molecule has 0 saturated carbocycles. The Bertz CT molecular complexity index is 859. The average molecular weight is 422 g/mol. The van der Waals surface area contributed by atoms with Gasteiger partial charge in [0, 0.05) is 30.2 Å². The van der Waals surface area contributed by atoms with E-state index in [9.17, 15) is 13.2 Å². The van der Waals surface area contributed by atoms with E-state index in [-0.39, 0.29) is 17.3 Å². The lowest BCUT2D eigenvalue weighted by Crippen LogP contribution is -2.32. The highest BCUT2D eigenvalue weighted by Crippen LogP contribution is 2.22. The molecule has 3 rings (SSSR count). The van der Waals surface area contributed by atoms with Gasteiger partial charge >= 0.3 is 0 Å². The number of benzene rings is 1. The molecular weight excluding hydrogens is 394 g/mol. The molecule has 2 heterocycles. The molecule has 1 aliphatic rings. The standard InChI is InChI=1S/C20H27N3O3S2/c24-20(21-11-10-18-8-6-14-27-18)16-22-17-7-5-9-19(15-17)28(25,26)23-12-3-1-2-4-13-23/h5-9,14-15,22H,1-4,10-13,16H2,(H,21,24). The zero-order valence-electron chi connectivity index (χ0n) is 15.9. The van der Waals surface area contributed by atoms with Crippen molar-refractivity contribution in [2.24, 2.45) is 0 Å². The number of nitrogens with one attached hydrogen (secondary N) is 2. The highest BCUT2D eigenvalue weighted by atomic mass is 32.2. The first-order valence-electron chi connectivity index (χ1n) is 9.69. The van der Waals surface area contributed by atoms with Crippen LogP contribution in [0.1, 0.15) is 30.6 Å². The second-order valence-electron chi connectivity index (χ2n) is 6.88. The SMILES string of the molecule is O=C(CNc1cccc(S(=O)(=O)N2CCCCCC2)c1)NCCc1cccs1. The van der Waals surface area contributed by atoms with Gasteiger partial charge in [-0.25, -0.2) is 8.42 Å². The summed E-state index contributed by atoms with van der Waals surface area (Å²) >= 11 is 1.67. The van der Waals surface area contributed by atoms with Gasteiger partial charge in [0.05, 0.1) is 11.4 Å². The van der Waals surface area contributed by atoms with E-state index in [0.29, 0.717) is 25.3 Å². The number of anilines is 1. The van der Waals surface area contributed by atoms with E-state index in [1.165, 1.54) is 4.88 Å². The van der Waals surface area contributed by atoms with Crippen molar-refractivity contribution in [3.8, 4) is 0 Å². The Morgan fingerprint density at radius 3 is 2.57 bits per heavy atom. The van der Waals surface area contributed by atoms with Crippen LogP contribution in [0.15, 0.2) is 46.7 Å². The largest absolute Gasteiger partial charge is 0.376 e. The molecule has 0 spiro atoms. The Morgan fingerprint density at radius 2 is 1.86 bits per heavy atom. The maximum atomic E-state index is 12.9. The summed E-state index contributed by atoms with van der Waals surface area (Å²) in [5, 5.41) is 7.92. The molecule has 1 fully saturated rings. The Hall–Kier alpha value is -1.90. The van der Waals surface area contributed by atoms with Crippen LogP contribution in [0, 0.1) is 0 Å². The van der Waals surface area contributed by atoms with Crippen LogP contribution in [0.5, 0.6) is 0 Å². The fourth-order valence-corrected chi connectivity index (χ4v) is 5.49. The van der Waals surface area contributed by atoms with E-state index in [1.807, 2.05) is 17.5 Å². The molecule has 1 saturated heterocycles. The van der Waals surface area contributed by atoms with Gasteiger partial charge in [-0.2, -0.15) is 4.31 Å². The Kier molecular flexibility index (Phi) is 7.47. The highest BCUT2D eigenvalue weighted by molar-refractivity contribution is 7.89. The first-order valence-corrected chi connectivity index (χ1v) is 12.0. The second-order valence-corrected chi connectivity index (χ2v) is 9.85. The lowest BCUT2D eigenvalue weighted by molar-refractivity contribution is -0.119. The number of rotatable bonds is 8. The first kappa shape index (κ1) is 20.8. The molecular formula is C20H27N3O3S2. The van der Waals surface area contributed by atoms with Crippen LogP contribution in [0.3, 0.4) is 0 Å². The van der Waals surface area contributed by atoms with Crippen molar-refractivity contribution in [1.29, 1.82) is 0 Å². The number of nitrogens with zero attached hydrogens (tertiary/aromatic N) is 1. The number of carbonyl (C=O) groups excluding carboxylic acids is 1. The lowest BCUT2D eigenvalue weighted by atomic mass is 10.2. The molecule has 0 unspecified atom stereocenters. The molecule has 28 heavy (non-hydrogen) atoms. The minimum atomic E-state index is -3.49. The third-order valence-electron chi connectivity index (χ3n) is 4.76. The molecule has 2 aromatic rings. The van der Waals surface area contributed by atoms with Crippen LogP contribution >= 0.6 is 11.3 Å². The highest BCUT2D eigenvalue weighted by Gasteiger charge is 2.25. The number of hydrogen-bond acceptors (Lipinski definition) is 5. The number of carbonyl (C=O) groups is 1. The molecule has 0 aliphatic carbocycles. The van der Waals surface area contributed by atoms with Gasteiger partial charge in [-0.3, -0.25) is 4.79 Å². The van der Waals surface area contributed by atoms with Gasteiger partial charge in [-0.05, 0) is 48.9 Å². The summed E-state index contributed by atoms with van der Waals surface area (Å²) in [6.07, 6.45) is 4.78. The molecule has 1 amide bonds. The Balaban J connectivity index is 1.53. The molecule has 1 aromatic carbocycles. The number of sulfonamides is 1. The number of thiophene rings is 1. The van der Waals surface area contributed by atoms with E-state index in [4.69, 9.17) is 0 Å². The molecule has 0 radical (unpaired) electrons. The lowest BCUT2D eigenvalue weighted by Gasteiger charge is -2.20. The predicted octanol–water partition coefficient (Wildman–Crippen LogP) is 3.08. The van der Waals surface area contributed by atoms with E-state index in [2.05, 4.69) is 10.6 Å². The van der Waals surface area contributed by atoms with Gasteiger partial charge in [0.15, 0.2) is 0 Å². The van der Waals surface area contributed by atoms with Gasteiger partial charge in [0.25, 0.3) is 0 Å². The third-order valence-corrected chi connectivity index (χ3v) is 7.59. The third kappa shape index (κ3) is 5.80. The Labute approximate surface area is 171 Å². The fraction of sp³-hybridized carbons (Fsp3) is 0.450. The van der Waals surface area contributed by atoms with Crippen molar-refractivity contribution in [3.63, 3.8) is 0 Å². The second kappa shape index (κ2) is 10.0. The van der Waals surface area contributed by atoms with Crippen molar-refractivity contribution < 1.29 is 13.2 Å². The van der Waals surface area contributed by atoms with E-state index >= 15 is 0 Å². The molecule has 0 bridgehead atoms. The molecule has 1 aliphatic heterocycles. The summed E-state index contributed by atoms with van der Waals surface area (Å²) in [5.41, 5.74) is 0.629. The summed E-state index contributed by atoms with van der Waals surface area (Å²) in [6, 6.07) is 10.8. The molecule has 8 heteroatoms. The summed E-state index contributed by atoms with van der Waals surface area (Å²) < 4.78 is 27.4. The van der Waals surface area contributed by atoms with Crippen LogP contribution in [-0.2, 0) is 21.2 Å². The van der Waals surface area contributed by atoms with E-state index in [0.717, 1.165) is 32.1 Å². The summed E-state index contributed by atoms with van der Waals surface area (Å²) in [6.45, 7) is 1.85. The molecule has 152 valence electrons. The topological polar surface area (TPSA) is 78.5 Å². The van der Waals surface area contributed by atoms with Gasteiger partial charge in [-0.15, -0.1) is 11.3 Å². The maximum absolute atomic E-state index is 12.9. The first-order chi connectivity index (χ1) is 13.6. The van der Waals surface area contributed by atoms with Crippen LogP contribution in [0.2, 0.25) is 0 Å². The van der Waals surface area contributed by atoms with Crippen LogP contribution in [0.4, 0.5) is 5.69 Å². The van der Waals surface area contributed by atoms with E-state index < -0.39 is 10.0 Å². The monoisotopic (exact) mass is 421 g/mol. The zero-order chi connectivity index (χ0) is 19.8. The normalized spacial score (nSPS) is 15.7. The van der Waals surface area contributed by atoms with E-state index in [1.54, 1.807) is 39.9 Å². The van der Waals surface area contributed by atoms with Gasteiger partial charge in [0.1, 0.15) is 0 Å². The summed E-state index contributed by atoms with van der Waals surface area (Å²) in [4.78, 5) is 13.5. The minimum absolute atomic E-state index is 0.109. The quantitative estimate of drug-likeness (QED) is 0.687. The summed E-state index contributed by atoms with van der Waals surface area (Å²) in [5.74, 6) is -0.114. The maximum Gasteiger partial charge on any atom is 0.243 e. The Morgan fingerprint density at radius 1 is 1.07 bits per heavy atom. The number of amides is 1. The van der Waals surface area contributed by atoms with Crippen LogP contribution in [0.25, 0.3) is 0 Å². The smallest absolute Gasteiger partial charge is 0.243 e. The summed E-state index contributed by atoms with van der Waals surface area (Å²) in [7, 11) is -3.49. The fourth-order valence-electron chi connectivity index (χ4n) is 3.22. The predicted molar refractivity (Wildman–Crippen MR) is 113 cm³/mol. The van der Waals surface area contributed by atoms with Crippen molar-refractivity contribution in [3.05, 3.63) is 46.7 Å². The zero-order valence-corrected chi connectivity index (χ0v) is 17.5.